The topological polar surface area (TPSA) is 59.6 Å². The highest BCUT2D eigenvalue weighted by molar-refractivity contribution is 14.0. The number of anilines is 1. The van der Waals surface area contributed by atoms with Crippen LogP contribution in [0.3, 0.4) is 0 Å². The smallest absolute Gasteiger partial charge is 0.248 e. The summed E-state index contributed by atoms with van der Waals surface area (Å²) in [4.78, 5) is 4.17. The summed E-state index contributed by atoms with van der Waals surface area (Å²) in [5, 5.41) is 2.94. The fourth-order valence-electron chi connectivity index (χ4n) is 2.52. The maximum Gasteiger partial charge on any atom is 0.248 e. The van der Waals surface area contributed by atoms with Gasteiger partial charge in [0.1, 0.15) is 5.75 Å². The Labute approximate surface area is 146 Å². The predicted octanol–water partition coefficient (Wildman–Crippen LogP) is 3.87. The van der Waals surface area contributed by atoms with Crippen LogP contribution in [0.5, 0.6) is 5.75 Å². The van der Waals surface area contributed by atoms with Gasteiger partial charge in [0.05, 0.1) is 7.11 Å². The summed E-state index contributed by atoms with van der Waals surface area (Å²) >= 11 is 0. The fourth-order valence-corrected chi connectivity index (χ4v) is 2.52. The lowest BCUT2D eigenvalue weighted by atomic mass is 9.87. The van der Waals surface area contributed by atoms with E-state index in [-0.39, 0.29) is 48.7 Å². The van der Waals surface area contributed by atoms with Crippen LogP contribution in [0, 0.1) is 5.92 Å². The SMILES string of the molecule is COc1ccc(NC(N)=NCC2CCCC(F)(F)C2)cc1.I. The van der Waals surface area contributed by atoms with Crippen molar-refractivity contribution in [3.8, 4) is 5.75 Å². The third-order valence-corrected chi connectivity index (χ3v) is 3.62. The lowest BCUT2D eigenvalue weighted by Gasteiger charge is -2.27. The first-order valence-corrected chi connectivity index (χ1v) is 7.07. The van der Waals surface area contributed by atoms with Crippen molar-refractivity contribution in [2.45, 2.75) is 31.6 Å². The van der Waals surface area contributed by atoms with Gasteiger partial charge in [0.2, 0.25) is 5.92 Å². The van der Waals surface area contributed by atoms with Crippen LogP contribution < -0.4 is 15.8 Å². The maximum absolute atomic E-state index is 13.3. The van der Waals surface area contributed by atoms with E-state index >= 15 is 0 Å². The molecule has 0 saturated heterocycles. The summed E-state index contributed by atoms with van der Waals surface area (Å²) in [5.74, 6) is -1.64. The number of hydrogen-bond donors (Lipinski definition) is 2. The molecule has 4 nitrogen and oxygen atoms in total. The molecule has 7 heteroatoms. The Hall–Kier alpha value is -1.12. The van der Waals surface area contributed by atoms with Crippen LogP contribution in [0.25, 0.3) is 0 Å². The van der Waals surface area contributed by atoms with E-state index in [1.165, 1.54) is 0 Å². The number of alkyl halides is 2. The molecule has 0 spiro atoms. The predicted molar refractivity (Wildman–Crippen MR) is 95.4 cm³/mol. The fraction of sp³-hybridized carbons (Fsp3) is 0.533. The Bertz CT molecular complexity index is 494. The molecule has 0 bridgehead atoms. The second-order valence-corrected chi connectivity index (χ2v) is 5.40. The number of guanidine groups is 1. The summed E-state index contributed by atoms with van der Waals surface area (Å²) < 4.78 is 31.6. The molecule has 0 aliphatic heterocycles. The zero-order valence-electron chi connectivity index (χ0n) is 12.5. The van der Waals surface area contributed by atoms with Gasteiger partial charge in [-0.1, -0.05) is 0 Å². The van der Waals surface area contributed by atoms with E-state index in [2.05, 4.69) is 10.3 Å². The summed E-state index contributed by atoms with van der Waals surface area (Å²) in [6, 6.07) is 7.24. The third-order valence-electron chi connectivity index (χ3n) is 3.62. The quantitative estimate of drug-likeness (QED) is 0.438. The van der Waals surface area contributed by atoms with Crippen LogP contribution in [-0.2, 0) is 0 Å². The Morgan fingerprint density at radius 3 is 2.68 bits per heavy atom. The van der Waals surface area contributed by atoms with Crippen molar-refractivity contribution in [2.24, 2.45) is 16.6 Å². The first-order chi connectivity index (χ1) is 9.98. The first kappa shape index (κ1) is 18.9. The molecule has 1 saturated carbocycles. The van der Waals surface area contributed by atoms with Gasteiger partial charge in [-0.05, 0) is 43.0 Å². The van der Waals surface area contributed by atoms with Gasteiger partial charge in [0.15, 0.2) is 5.96 Å². The molecule has 1 aliphatic rings. The molecule has 1 aromatic rings. The Balaban J connectivity index is 0.00000242. The van der Waals surface area contributed by atoms with Gasteiger partial charge in [0.25, 0.3) is 0 Å². The lowest BCUT2D eigenvalue weighted by molar-refractivity contribution is -0.0507. The van der Waals surface area contributed by atoms with Gasteiger partial charge in [0, 0.05) is 25.1 Å². The van der Waals surface area contributed by atoms with Crippen LogP contribution in [0.4, 0.5) is 14.5 Å². The average molecular weight is 425 g/mol. The molecular weight excluding hydrogens is 403 g/mol. The average Bonchev–Trinajstić information content (AvgIpc) is 2.45. The number of ether oxygens (including phenoxy) is 1. The Kier molecular flexibility index (Phi) is 7.31. The van der Waals surface area contributed by atoms with E-state index < -0.39 is 5.92 Å². The summed E-state index contributed by atoms with van der Waals surface area (Å²) in [6.45, 7) is 0.338. The second-order valence-electron chi connectivity index (χ2n) is 5.40. The molecule has 3 N–H and O–H groups in total. The molecule has 1 aliphatic carbocycles. The summed E-state index contributed by atoms with van der Waals surface area (Å²) in [7, 11) is 1.60. The first-order valence-electron chi connectivity index (χ1n) is 7.07. The normalized spacial score (nSPS) is 20.9. The number of nitrogens with two attached hydrogens (primary N) is 1. The zero-order chi connectivity index (χ0) is 15.3. The largest absolute Gasteiger partial charge is 0.497 e. The molecule has 0 aromatic heterocycles. The van der Waals surface area contributed by atoms with E-state index in [9.17, 15) is 8.78 Å². The van der Waals surface area contributed by atoms with Crippen LogP contribution in [-0.4, -0.2) is 25.5 Å². The van der Waals surface area contributed by atoms with Gasteiger partial charge < -0.3 is 15.8 Å². The summed E-state index contributed by atoms with van der Waals surface area (Å²) in [5.41, 5.74) is 6.56. The number of halogens is 3. The van der Waals surface area contributed by atoms with Crippen molar-refractivity contribution in [1.82, 2.24) is 0 Å². The van der Waals surface area contributed by atoms with Crippen molar-refractivity contribution in [3.05, 3.63) is 24.3 Å². The highest BCUT2D eigenvalue weighted by Gasteiger charge is 2.35. The van der Waals surface area contributed by atoms with E-state index in [4.69, 9.17) is 10.5 Å². The van der Waals surface area contributed by atoms with Crippen LogP contribution in [0.1, 0.15) is 25.7 Å². The third kappa shape index (κ3) is 5.94. The Morgan fingerprint density at radius 2 is 2.09 bits per heavy atom. The highest BCUT2D eigenvalue weighted by atomic mass is 127. The molecule has 1 atom stereocenters. The van der Waals surface area contributed by atoms with E-state index in [1.54, 1.807) is 19.2 Å². The number of methoxy groups -OCH3 is 1. The number of nitrogens with zero attached hydrogens (tertiary/aromatic N) is 1. The molecule has 0 amide bonds. The van der Waals surface area contributed by atoms with Crippen LogP contribution in [0.2, 0.25) is 0 Å². The van der Waals surface area contributed by atoms with Crippen molar-refractivity contribution in [3.63, 3.8) is 0 Å². The molecule has 0 radical (unpaired) electrons. The van der Waals surface area contributed by atoms with Crippen molar-refractivity contribution < 1.29 is 13.5 Å². The van der Waals surface area contributed by atoms with Gasteiger partial charge in [-0.15, -0.1) is 24.0 Å². The van der Waals surface area contributed by atoms with E-state index in [0.717, 1.165) is 17.9 Å². The number of aliphatic imine (C=N–C) groups is 1. The monoisotopic (exact) mass is 425 g/mol. The maximum atomic E-state index is 13.3. The van der Waals surface area contributed by atoms with Crippen molar-refractivity contribution >= 4 is 35.6 Å². The number of rotatable bonds is 4. The van der Waals surface area contributed by atoms with Crippen molar-refractivity contribution in [2.75, 3.05) is 19.0 Å². The molecule has 1 fully saturated rings. The highest BCUT2D eigenvalue weighted by Crippen LogP contribution is 2.36. The summed E-state index contributed by atoms with van der Waals surface area (Å²) in [6.07, 6.45) is 1.24. The number of hydrogen-bond acceptors (Lipinski definition) is 2. The number of nitrogens with one attached hydrogen (secondary N) is 1. The molecule has 2 rings (SSSR count). The van der Waals surface area contributed by atoms with Gasteiger partial charge in [-0.2, -0.15) is 0 Å². The molecule has 124 valence electrons. The molecule has 22 heavy (non-hydrogen) atoms. The standard InChI is InChI=1S/C15H21F2N3O.HI/c1-21-13-6-4-12(5-7-13)20-14(18)19-10-11-3-2-8-15(16,17)9-11;/h4-7,11H,2-3,8-10H2,1H3,(H3,18,19,20);1H. The minimum Gasteiger partial charge on any atom is -0.497 e. The number of benzene rings is 1. The van der Waals surface area contributed by atoms with Crippen LogP contribution in [0.15, 0.2) is 29.3 Å². The van der Waals surface area contributed by atoms with Gasteiger partial charge >= 0.3 is 0 Å². The van der Waals surface area contributed by atoms with E-state index in [0.29, 0.717) is 13.0 Å². The van der Waals surface area contributed by atoms with Crippen molar-refractivity contribution in [1.29, 1.82) is 0 Å². The van der Waals surface area contributed by atoms with Crippen LogP contribution >= 0.6 is 24.0 Å². The zero-order valence-corrected chi connectivity index (χ0v) is 14.8. The van der Waals surface area contributed by atoms with Gasteiger partial charge in [-0.25, -0.2) is 8.78 Å². The Morgan fingerprint density at radius 1 is 1.41 bits per heavy atom. The molecular formula is C15H22F2IN3O. The van der Waals surface area contributed by atoms with Gasteiger partial charge in [-0.3, -0.25) is 4.99 Å². The molecule has 1 aromatic carbocycles. The lowest BCUT2D eigenvalue weighted by Crippen LogP contribution is -2.29. The molecule has 1 unspecified atom stereocenters. The second kappa shape index (κ2) is 8.50. The minimum absolute atomic E-state index is 0. The molecule has 0 heterocycles. The minimum atomic E-state index is -2.55. The van der Waals surface area contributed by atoms with E-state index in [1.807, 2.05) is 12.1 Å².